The van der Waals surface area contributed by atoms with Gasteiger partial charge in [-0.1, -0.05) is 12.1 Å². The third-order valence-corrected chi connectivity index (χ3v) is 7.46. The average Bonchev–Trinajstić information content (AvgIpc) is 3.38. The maximum absolute atomic E-state index is 13.3. The number of H-pyrrole nitrogens is 1. The predicted octanol–water partition coefficient (Wildman–Crippen LogP) is 4.69. The highest BCUT2D eigenvalue weighted by Gasteiger charge is 2.27. The fourth-order valence-electron chi connectivity index (χ4n) is 5.14. The number of aromatic nitrogens is 1. The maximum Gasteiger partial charge on any atom is 0.256 e. The van der Waals surface area contributed by atoms with E-state index in [4.69, 9.17) is 0 Å². The van der Waals surface area contributed by atoms with Gasteiger partial charge in [-0.05, 0) is 87.7 Å². The number of carbonyl (C=O) groups is 3. The Morgan fingerprint density at radius 3 is 2.62 bits per heavy atom. The van der Waals surface area contributed by atoms with Crippen molar-refractivity contribution in [2.45, 2.75) is 39.7 Å². The van der Waals surface area contributed by atoms with E-state index < -0.39 is 0 Å². The summed E-state index contributed by atoms with van der Waals surface area (Å²) in [6.07, 6.45) is 3.58. The van der Waals surface area contributed by atoms with Gasteiger partial charge in [0.15, 0.2) is 0 Å². The van der Waals surface area contributed by atoms with E-state index in [0.717, 1.165) is 41.9 Å². The van der Waals surface area contributed by atoms with Crippen molar-refractivity contribution in [3.8, 4) is 0 Å². The molecule has 1 aromatic heterocycles. The van der Waals surface area contributed by atoms with Crippen LogP contribution in [0.25, 0.3) is 11.6 Å². The van der Waals surface area contributed by atoms with E-state index in [1.54, 1.807) is 36.4 Å². The molecule has 1 fully saturated rings. The molecule has 2 atom stereocenters. The fraction of sp³-hybridized carbons (Fsp3) is 0.300. The summed E-state index contributed by atoms with van der Waals surface area (Å²) in [7, 11) is 0. The van der Waals surface area contributed by atoms with Crippen molar-refractivity contribution in [2.24, 2.45) is 5.92 Å². The molecule has 0 aliphatic carbocycles. The number of hydrogen-bond acceptors (Lipinski definition) is 4. The number of nitrogens with one attached hydrogen (secondary N) is 5. The van der Waals surface area contributed by atoms with Crippen molar-refractivity contribution in [3.05, 3.63) is 81.9 Å². The maximum atomic E-state index is 13.3. The summed E-state index contributed by atoms with van der Waals surface area (Å²) in [6, 6.07) is 10.7. The second-order valence-corrected chi connectivity index (χ2v) is 10.2. The number of aryl methyl sites for hydroxylation is 1. The Balaban J connectivity index is 1.37. The number of rotatable bonds is 6. The fourth-order valence-corrected chi connectivity index (χ4v) is 5.14. The third kappa shape index (κ3) is 5.49. The second-order valence-electron chi connectivity index (χ2n) is 10.2. The lowest BCUT2D eigenvalue weighted by Gasteiger charge is -2.22. The number of hydrogen-bond donors (Lipinski definition) is 5. The van der Waals surface area contributed by atoms with E-state index >= 15 is 0 Å². The second kappa shape index (κ2) is 10.9. The van der Waals surface area contributed by atoms with Crippen LogP contribution in [0.15, 0.2) is 42.5 Å². The van der Waals surface area contributed by atoms with Gasteiger partial charge < -0.3 is 26.3 Å². The summed E-state index contributed by atoms with van der Waals surface area (Å²) in [6.45, 7) is 7.22. The molecular weight excluding hydrogens is 497 g/mol. The summed E-state index contributed by atoms with van der Waals surface area (Å²) in [5.41, 5.74) is 5.91. The van der Waals surface area contributed by atoms with Crippen LogP contribution in [0.1, 0.15) is 64.2 Å². The molecule has 5 N–H and O–H groups in total. The van der Waals surface area contributed by atoms with Crippen LogP contribution < -0.4 is 21.3 Å². The Hall–Kier alpha value is -4.24. The number of carbonyl (C=O) groups excluding carboxylic acids is 3. The summed E-state index contributed by atoms with van der Waals surface area (Å²) < 4.78 is 13.3. The molecule has 0 unspecified atom stereocenters. The zero-order valence-electron chi connectivity index (χ0n) is 22.2. The van der Waals surface area contributed by atoms with Crippen LogP contribution in [0.4, 0.5) is 15.8 Å². The number of piperidine rings is 1. The van der Waals surface area contributed by atoms with Gasteiger partial charge in [-0.3, -0.25) is 14.4 Å². The van der Waals surface area contributed by atoms with E-state index in [0.29, 0.717) is 34.6 Å². The molecule has 2 aliphatic heterocycles. The van der Waals surface area contributed by atoms with E-state index in [9.17, 15) is 18.8 Å². The van der Waals surface area contributed by atoms with Gasteiger partial charge in [0.1, 0.15) is 5.82 Å². The molecule has 3 amide bonds. The summed E-state index contributed by atoms with van der Waals surface area (Å²) >= 11 is 0. The Bertz CT molecular complexity index is 1470. The first-order chi connectivity index (χ1) is 18.7. The lowest BCUT2D eigenvalue weighted by Crippen LogP contribution is -2.37. The molecule has 0 bridgehead atoms. The average molecular weight is 530 g/mol. The third-order valence-electron chi connectivity index (χ3n) is 7.46. The van der Waals surface area contributed by atoms with Gasteiger partial charge >= 0.3 is 0 Å². The van der Waals surface area contributed by atoms with Crippen molar-refractivity contribution in [3.63, 3.8) is 0 Å². The van der Waals surface area contributed by atoms with E-state index in [1.807, 2.05) is 20.8 Å². The first-order valence-electron chi connectivity index (χ1n) is 13.2. The summed E-state index contributed by atoms with van der Waals surface area (Å²) in [4.78, 5) is 42.0. The molecule has 0 spiro atoms. The molecule has 9 heteroatoms. The van der Waals surface area contributed by atoms with Crippen molar-refractivity contribution >= 4 is 40.7 Å². The Morgan fingerprint density at radius 1 is 1.13 bits per heavy atom. The molecule has 1 saturated heterocycles. The standard InChI is InChI=1S/C30H32FN5O3/c1-16-26(33-18(3)27(16)36-29(38)21-5-4-12-32-15-21)14-24-23-13-20(8-11-25(23)35-30(24)39)28(37)34-17(2)19-6-9-22(31)10-7-19/h6-11,13-14,17,21,32-33H,4-5,12,15H2,1-3H3,(H,34,37)(H,35,39)(H,36,38)/b24-14-/t17-,21+/m1/s1. The monoisotopic (exact) mass is 529 g/mol. The van der Waals surface area contributed by atoms with Crippen LogP contribution in [0.5, 0.6) is 0 Å². The van der Waals surface area contributed by atoms with Crippen LogP contribution in [-0.4, -0.2) is 35.8 Å². The number of benzene rings is 2. The number of fused-ring (bicyclic) bond motifs is 1. The number of amides is 3. The van der Waals surface area contributed by atoms with Crippen LogP contribution in [-0.2, 0) is 9.59 Å². The molecule has 2 aromatic carbocycles. The van der Waals surface area contributed by atoms with Crippen molar-refractivity contribution in [2.75, 3.05) is 23.7 Å². The highest BCUT2D eigenvalue weighted by Crippen LogP contribution is 2.35. The van der Waals surface area contributed by atoms with Crippen molar-refractivity contribution in [1.82, 2.24) is 15.6 Å². The molecule has 3 aromatic rings. The van der Waals surface area contributed by atoms with Crippen LogP contribution in [0.2, 0.25) is 0 Å². The van der Waals surface area contributed by atoms with Gasteiger partial charge in [0, 0.05) is 34.7 Å². The Morgan fingerprint density at radius 2 is 1.90 bits per heavy atom. The summed E-state index contributed by atoms with van der Waals surface area (Å²) in [5, 5.41) is 12.1. The highest BCUT2D eigenvalue weighted by atomic mass is 19.1. The van der Waals surface area contributed by atoms with Crippen molar-refractivity contribution in [1.29, 1.82) is 0 Å². The van der Waals surface area contributed by atoms with Gasteiger partial charge in [0.25, 0.3) is 11.8 Å². The molecule has 39 heavy (non-hydrogen) atoms. The number of anilines is 2. The summed E-state index contributed by atoms with van der Waals surface area (Å²) in [5.74, 6) is -0.996. The van der Waals surface area contributed by atoms with Crippen molar-refractivity contribution < 1.29 is 18.8 Å². The number of halogens is 1. The molecule has 0 saturated carbocycles. The minimum Gasteiger partial charge on any atom is -0.357 e. The van der Waals surface area contributed by atoms with Crippen LogP contribution in [0.3, 0.4) is 0 Å². The molecule has 3 heterocycles. The van der Waals surface area contributed by atoms with E-state index in [1.165, 1.54) is 12.1 Å². The lowest BCUT2D eigenvalue weighted by atomic mass is 9.98. The smallest absolute Gasteiger partial charge is 0.256 e. The normalized spacial score (nSPS) is 18.4. The van der Waals surface area contributed by atoms with Gasteiger partial charge in [-0.15, -0.1) is 0 Å². The molecule has 2 aliphatic rings. The molecule has 0 radical (unpaired) electrons. The van der Waals surface area contributed by atoms with E-state index in [-0.39, 0.29) is 35.5 Å². The zero-order valence-corrected chi connectivity index (χ0v) is 22.2. The zero-order chi connectivity index (χ0) is 27.7. The molecular formula is C30H32FN5O3. The topological polar surface area (TPSA) is 115 Å². The quantitative estimate of drug-likeness (QED) is 0.298. The first kappa shape index (κ1) is 26.4. The van der Waals surface area contributed by atoms with Gasteiger partial charge in [-0.25, -0.2) is 4.39 Å². The van der Waals surface area contributed by atoms with Gasteiger partial charge in [0.2, 0.25) is 5.91 Å². The SMILES string of the molecule is Cc1[nH]c(/C=C2\C(=O)Nc3ccc(C(=O)N[C@H](C)c4ccc(F)cc4)cc32)c(C)c1NC(=O)[C@H]1CCCNC1. The molecule has 202 valence electrons. The minimum absolute atomic E-state index is 0.0129. The molecule has 8 nitrogen and oxygen atoms in total. The van der Waals surface area contributed by atoms with Gasteiger partial charge in [-0.2, -0.15) is 0 Å². The Kier molecular flexibility index (Phi) is 7.34. The van der Waals surface area contributed by atoms with Gasteiger partial charge in [0.05, 0.1) is 23.2 Å². The molecule has 5 rings (SSSR count). The van der Waals surface area contributed by atoms with E-state index in [2.05, 4.69) is 26.3 Å². The first-order valence-corrected chi connectivity index (χ1v) is 13.2. The Labute approximate surface area is 226 Å². The minimum atomic E-state index is -0.337. The predicted molar refractivity (Wildman–Crippen MR) is 150 cm³/mol. The highest BCUT2D eigenvalue weighted by molar-refractivity contribution is 6.35. The number of aromatic amines is 1. The van der Waals surface area contributed by atoms with Crippen LogP contribution >= 0.6 is 0 Å². The lowest BCUT2D eigenvalue weighted by molar-refractivity contribution is -0.120. The van der Waals surface area contributed by atoms with Crippen LogP contribution in [0, 0.1) is 25.6 Å². The largest absolute Gasteiger partial charge is 0.357 e.